The van der Waals surface area contributed by atoms with Crippen LogP contribution in [0.1, 0.15) is 59.3 Å². The van der Waals surface area contributed by atoms with E-state index in [9.17, 15) is 5.11 Å². The Morgan fingerprint density at radius 1 is 1.14 bits per heavy atom. The lowest BCUT2D eigenvalue weighted by Gasteiger charge is -2.38. The van der Waals surface area contributed by atoms with Gasteiger partial charge in [-0.2, -0.15) is 0 Å². The molecule has 0 bridgehead atoms. The van der Waals surface area contributed by atoms with Crippen molar-refractivity contribution in [2.24, 2.45) is 17.8 Å². The van der Waals surface area contributed by atoms with E-state index in [-0.39, 0.29) is 6.10 Å². The monoisotopic (exact) mass is 297 g/mol. The van der Waals surface area contributed by atoms with Gasteiger partial charge in [0.1, 0.15) is 0 Å². The molecule has 1 saturated heterocycles. The molecular weight excluding hydrogens is 262 g/mol. The topological polar surface area (TPSA) is 32.7 Å². The van der Waals surface area contributed by atoms with Crippen molar-refractivity contribution < 1.29 is 9.84 Å². The molecule has 3 heteroatoms. The molecule has 0 amide bonds. The van der Waals surface area contributed by atoms with E-state index < -0.39 is 0 Å². The first-order chi connectivity index (χ1) is 10.1. The quantitative estimate of drug-likeness (QED) is 0.816. The number of hydrogen-bond acceptors (Lipinski definition) is 3. The van der Waals surface area contributed by atoms with Gasteiger partial charge in [0.2, 0.25) is 0 Å². The van der Waals surface area contributed by atoms with E-state index in [2.05, 4.69) is 25.7 Å². The van der Waals surface area contributed by atoms with Crippen LogP contribution in [0, 0.1) is 17.8 Å². The Kier molecular flexibility index (Phi) is 6.97. The molecule has 1 aliphatic carbocycles. The molecule has 1 saturated carbocycles. The molecule has 124 valence electrons. The summed E-state index contributed by atoms with van der Waals surface area (Å²) in [7, 11) is 0. The molecule has 1 aliphatic heterocycles. The van der Waals surface area contributed by atoms with Gasteiger partial charge in [-0.1, -0.05) is 33.6 Å². The van der Waals surface area contributed by atoms with E-state index in [0.29, 0.717) is 24.5 Å². The molecule has 2 aliphatic rings. The molecular formula is C18H35NO2. The number of ether oxygens (including phenoxy) is 1. The third-order valence-corrected chi connectivity index (χ3v) is 5.38. The van der Waals surface area contributed by atoms with E-state index in [0.717, 1.165) is 25.6 Å². The molecule has 0 aromatic carbocycles. The van der Waals surface area contributed by atoms with Gasteiger partial charge in [-0.25, -0.2) is 0 Å². The van der Waals surface area contributed by atoms with E-state index in [1.165, 1.54) is 38.5 Å². The van der Waals surface area contributed by atoms with Gasteiger partial charge in [0.15, 0.2) is 0 Å². The van der Waals surface area contributed by atoms with Crippen LogP contribution in [0.4, 0.5) is 0 Å². The SMILES string of the molecule is CC(C)[C@H]1CC[C@H](C)C[C@@H]1OC[C@@H](O)CN1CCCCC1. The summed E-state index contributed by atoms with van der Waals surface area (Å²) in [4.78, 5) is 2.39. The molecule has 0 spiro atoms. The number of nitrogens with zero attached hydrogens (tertiary/aromatic N) is 1. The standard InChI is InChI=1S/C18H35NO2/c1-14(2)17-8-7-15(3)11-18(17)21-13-16(20)12-19-9-5-4-6-10-19/h14-18,20H,4-13H2,1-3H3/t15-,16-,17+,18-/m0/s1. The first kappa shape index (κ1) is 17.2. The number of hydrogen-bond donors (Lipinski definition) is 1. The third kappa shape index (κ3) is 5.54. The van der Waals surface area contributed by atoms with Crippen LogP contribution in [0.5, 0.6) is 0 Å². The fourth-order valence-corrected chi connectivity index (χ4v) is 4.03. The van der Waals surface area contributed by atoms with E-state index in [4.69, 9.17) is 4.74 Å². The summed E-state index contributed by atoms with van der Waals surface area (Å²) in [5, 5.41) is 10.3. The lowest BCUT2D eigenvalue weighted by atomic mass is 9.75. The Hall–Kier alpha value is -0.120. The zero-order chi connectivity index (χ0) is 15.2. The summed E-state index contributed by atoms with van der Waals surface area (Å²) in [5.41, 5.74) is 0. The molecule has 2 fully saturated rings. The summed E-state index contributed by atoms with van der Waals surface area (Å²) < 4.78 is 6.15. The van der Waals surface area contributed by atoms with Gasteiger partial charge in [0, 0.05) is 6.54 Å². The van der Waals surface area contributed by atoms with E-state index >= 15 is 0 Å². The maximum absolute atomic E-state index is 10.3. The lowest BCUT2D eigenvalue weighted by Crippen LogP contribution is -2.40. The third-order valence-electron chi connectivity index (χ3n) is 5.38. The van der Waals surface area contributed by atoms with Gasteiger partial charge in [-0.3, -0.25) is 0 Å². The Morgan fingerprint density at radius 2 is 1.86 bits per heavy atom. The van der Waals surface area contributed by atoms with E-state index in [1.54, 1.807) is 0 Å². The molecule has 0 aromatic rings. The summed E-state index contributed by atoms with van der Waals surface area (Å²) in [6.07, 6.45) is 7.72. The minimum atomic E-state index is -0.326. The van der Waals surface area contributed by atoms with Crippen LogP contribution in [-0.2, 0) is 4.74 Å². The second kappa shape index (κ2) is 8.50. The van der Waals surface area contributed by atoms with Gasteiger partial charge in [-0.05, 0) is 56.5 Å². The smallest absolute Gasteiger partial charge is 0.0900 e. The molecule has 0 radical (unpaired) electrons. The largest absolute Gasteiger partial charge is 0.389 e. The van der Waals surface area contributed by atoms with Crippen molar-refractivity contribution in [3.8, 4) is 0 Å². The molecule has 3 nitrogen and oxygen atoms in total. The van der Waals surface area contributed by atoms with Crippen molar-refractivity contribution in [2.75, 3.05) is 26.2 Å². The van der Waals surface area contributed by atoms with Gasteiger partial charge >= 0.3 is 0 Å². The second-order valence-corrected chi connectivity index (χ2v) is 7.71. The average molecular weight is 297 g/mol. The van der Waals surface area contributed by atoms with Gasteiger partial charge in [0.05, 0.1) is 18.8 Å². The van der Waals surface area contributed by atoms with Gasteiger partial charge in [0.25, 0.3) is 0 Å². The minimum absolute atomic E-state index is 0.326. The maximum atomic E-state index is 10.3. The first-order valence-electron chi connectivity index (χ1n) is 9.08. The Labute approximate surface area is 131 Å². The molecule has 21 heavy (non-hydrogen) atoms. The first-order valence-corrected chi connectivity index (χ1v) is 9.08. The Balaban J connectivity index is 1.73. The van der Waals surface area contributed by atoms with Crippen LogP contribution in [0.2, 0.25) is 0 Å². The molecule has 0 unspecified atom stereocenters. The number of aliphatic hydroxyl groups is 1. The number of β-amino-alcohol motifs (C(OH)–C–C–N with tert-alkyl or cyclic N) is 1. The normalized spacial score (nSPS) is 33.3. The van der Waals surface area contributed by atoms with Crippen LogP contribution < -0.4 is 0 Å². The highest BCUT2D eigenvalue weighted by atomic mass is 16.5. The van der Waals surface area contributed by atoms with Crippen molar-refractivity contribution >= 4 is 0 Å². The number of piperidine rings is 1. The zero-order valence-corrected chi connectivity index (χ0v) is 14.3. The molecule has 2 rings (SSSR count). The van der Waals surface area contributed by atoms with Crippen LogP contribution in [0.15, 0.2) is 0 Å². The Morgan fingerprint density at radius 3 is 2.52 bits per heavy atom. The fourth-order valence-electron chi connectivity index (χ4n) is 4.03. The average Bonchev–Trinajstić information content (AvgIpc) is 2.46. The summed E-state index contributed by atoms with van der Waals surface area (Å²) in [6.45, 7) is 10.5. The number of rotatable bonds is 6. The predicted octanol–water partition coefficient (Wildman–Crippen LogP) is 3.31. The summed E-state index contributed by atoms with van der Waals surface area (Å²) in [5.74, 6) is 2.12. The highest BCUT2D eigenvalue weighted by Gasteiger charge is 2.31. The summed E-state index contributed by atoms with van der Waals surface area (Å²) >= 11 is 0. The molecule has 0 aromatic heterocycles. The predicted molar refractivity (Wildman–Crippen MR) is 87.4 cm³/mol. The van der Waals surface area contributed by atoms with Crippen molar-refractivity contribution in [3.63, 3.8) is 0 Å². The highest BCUT2D eigenvalue weighted by Crippen LogP contribution is 2.35. The van der Waals surface area contributed by atoms with E-state index in [1.807, 2.05) is 0 Å². The number of likely N-dealkylation sites (tertiary alicyclic amines) is 1. The van der Waals surface area contributed by atoms with Crippen LogP contribution in [0.25, 0.3) is 0 Å². The van der Waals surface area contributed by atoms with Crippen molar-refractivity contribution in [2.45, 2.75) is 71.5 Å². The van der Waals surface area contributed by atoms with Crippen molar-refractivity contribution in [1.82, 2.24) is 4.90 Å². The molecule has 1 N–H and O–H groups in total. The second-order valence-electron chi connectivity index (χ2n) is 7.71. The van der Waals surface area contributed by atoms with Crippen LogP contribution in [-0.4, -0.2) is 48.5 Å². The maximum Gasteiger partial charge on any atom is 0.0900 e. The van der Waals surface area contributed by atoms with Crippen LogP contribution in [0.3, 0.4) is 0 Å². The van der Waals surface area contributed by atoms with Crippen molar-refractivity contribution in [3.05, 3.63) is 0 Å². The fraction of sp³-hybridized carbons (Fsp3) is 1.00. The highest BCUT2D eigenvalue weighted by molar-refractivity contribution is 4.82. The van der Waals surface area contributed by atoms with Crippen LogP contribution >= 0.6 is 0 Å². The number of aliphatic hydroxyl groups excluding tert-OH is 1. The molecule has 1 heterocycles. The summed E-state index contributed by atoms with van der Waals surface area (Å²) in [6, 6.07) is 0. The Bertz CT molecular complexity index is 289. The van der Waals surface area contributed by atoms with Gasteiger partial charge in [-0.15, -0.1) is 0 Å². The minimum Gasteiger partial charge on any atom is -0.389 e. The molecule has 4 atom stereocenters. The zero-order valence-electron chi connectivity index (χ0n) is 14.3. The van der Waals surface area contributed by atoms with Crippen molar-refractivity contribution in [1.29, 1.82) is 0 Å². The van der Waals surface area contributed by atoms with Gasteiger partial charge < -0.3 is 14.7 Å². The lowest BCUT2D eigenvalue weighted by molar-refractivity contribution is -0.0744.